The van der Waals surface area contributed by atoms with E-state index in [2.05, 4.69) is 0 Å². The molecule has 0 amide bonds. The molecule has 24 heavy (non-hydrogen) atoms. The summed E-state index contributed by atoms with van der Waals surface area (Å²) in [5.41, 5.74) is 3.60. The van der Waals surface area contributed by atoms with Crippen LogP contribution in [0.2, 0.25) is 0 Å². The summed E-state index contributed by atoms with van der Waals surface area (Å²) in [5.74, 6) is 2.70. The molecule has 0 unspecified atom stereocenters. The maximum Gasteiger partial charge on any atom is 0.339 e. The number of thioether (sulfide) groups is 2. The third-order valence-electron chi connectivity index (χ3n) is 4.34. The van der Waals surface area contributed by atoms with Gasteiger partial charge in [0, 0.05) is 11.5 Å². The summed E-state index contributed by atoms with van der Waals surface area (Å²) in [5, 5.41) is 0. The second-order valence-electron chi connectivity index (χ2n) is 5.96. The quantitative estimate of drug-likeness (QED) is 0.737. The van der Waals surface area contributed by atoms with Gasteiger partial charge in [0.2, 0.25) is 0 Å². The standard InChI is InChI=1S/C18H18O3S3/c19-24(20,17-9-6-13-2-1-3-15(13)12-17)21-16-7-4-14(5-8-16)18-22-10-11-23-18/h4-9,12,18H,1-3,10-11H2. The maximum absolute atomic E-state index is 12.5. The van der Waals surface area contributed by atoms with E-state index in [1.165, 1.54) is 22.6 Å². The number of rotatable bonds is 4. The minimum atomic E-state index is -3.78. The molecular weight excluding hydrogens is 360 g/mol. The van der Waals surface area contributed by atoms with Gasteiger partial charge in [-0.2, -0.15) is 8.42 Å². The third kappa shape index (κ3) is 3.32. The molecule has 1 aliphatic heterocycles. The highest BCUT2D eigenvalue weighted by Crippen LogP contribution is 2.45. The third-order valence-corrected chi connectivity index (χ3v) is 8.69. The van der Waals surface area contributed by atoms with Crippen LogP contribution in [0.4, 0.5) is 0 Å². The van der Waals surface area contributed by atoms with Gasteiger partial charge in [-0.25, -0.2) is 0 Å². The Hall–Kier alpha value is -1.11. The smallest absolute Gasteiger partial charge is 0.339 e. The van der Waals surface area contributed by atoms with Crippen molar-refractivity contribution in [3.05, 3.63) is 59.2 Å². The number of benzene rings is 2. The first kappa shape index (κ1) is 16.4. The van der Waals surface area contributed by atoms with Crippen molar-refractivity contribution in [1.29, 1.82) is 0 Å². The Labute approximate surface area is 151 Å². The van der Waals surface area contributed by atoms with Crippen LogP contribution < -0.4 is 4.18 Å². The first-order chi connectivity index (χ1) is 11.6. The topological polar surface area (TPSA) is 43.4 Å². The molecule has 1 fully saturated rings. The van der Waals surface area contributed by atoms with Gasteiger partial charge >= 0.3 is 10.1 Å². The summed E-state index contributed by atoms with van der Waals surface area (Å²) in [6.07, 6.45) is 3.08. The van der Waals surface area contributed by atoms with E-state index in [-0.39, 0.29) is 4.90 Å². The van der Waals surface area contributed by atoms with E-state index in [1.807, 2.05) is 41.7 Å². The molecule has 0 bridgehead atoms. The lowest BCUT2D eigenvalue weighted by molar-refractivity contribution is 0.486. The highest BCUT2D eigenvalue weighted by Gasteiger charge is 2.21. The van der Waals surface area contributed by atoms with Crippen LogP contribution >= 0.6 is 23.5 Å². The summed E-state index contributed by atoms with van der Waals surface area (Å²) >= 11 is 3.85. The summed E-state index contributed by atoms with van der Waals surface area (Å²) in [4.78, 5) is 0.245. The number of fused-ring (bicyclic) bond motifs is 1. The first-order valence-electron chi connectivity index (χ1n) is 8.01. The lowest BCUT2D eigenvalue weighted by Crippen LogP contribution is -2.10. The van der Waals surface area contributed by atoms with Crippen molar-refractivity contribution in [2.75, 3.05) is 11.5 Å². The van der Waals surface area contributed by atoms with Crippen molar-refractivity contribution in [2.45, 2.75) is 28.7 Å². The maximum atomic E-state index is 12.5. The molecule has 6 heteroatoms. The Bertz CT molecular complexity index is 838. The van der Waals surface area contributed by atoms with Crippen molar-refractivity contribution in [2.24, 2.45) is 0 Å². The van der Waals surface area contributed by atoms with Crippen LogP contribution in [0.15, 0.2) is 47.4 Å². The van der Waals surface area contributed by atoms with Gasteiger partial charge in [-0.1, -0.05) is 18.2 Å². The fourth-order valence-corrected chi connectivity index (χ4v) is 6.95. The number of hydrogen-bond donors (Lipinski definition) is 0. The molecule has 1 aliphatic carbocycles. The Morgan fingerprint density at radius 1 is 0.917 bits per heavy atom. The monoisotopic (exact) mass is 378 g/mol. The van der Waals surface area contributed by atoms with Crippen LogP contribution in [0, 0.1) is 0 Å². The summed E-state index contributed by atoms with van der Waals surface area (Å²) in [7, 11) is -3.78. The molecular formula is C18H18O3S3. The highest BCUT2D eigenvalue weighted by atomic mass is 32.2. The molecule has 0 saturated carbocycles. The van der Waals surface area contributed by atoms with Crippen molar-refractivity contribution in [1.82, 2.24) is 0 Å². The average Bonchev–Trinajstić information content (AvgIpc) is 3.26. The number of hydrogen-bond acceptors (Lipinski definition) is 5. The molecule has 126 valence electrons. The molecule has 2 aliphatic rings. The van der Waals surface area contributed by atoms with Crippen LogP contribution in [-0.2, 0) is 23.0 Å². The Morgan fingerprint density at radius 2 is 1.62 bits per heavy atom. The van der Waals surface area contributed by atoms with Crippen molar-refractivity contribution in [3.63, 3.8) is 0 Å². The van der Waals surface area contributed by atoms with Crippen molar-refractivity contribution < 1.29 is 12.6 Å². The van der Waals surface area contributed by atoms with E-state index in [9.17, 15) is 8.42 Å². The highest BCUT2D eigenvalue weighted by molar-refractivity contribution is 8.19. The van der Waals surface area contributed by atoms with Crippen LogP contribution in [-0.4, -0.2) is 19.9 Å². The minimum Gasteiger partial charge on any atom is -0.379 e. The number of aryl methyl sites for hydroxylation is 2. The molecule has 0 radical (unpaired) electrons. The van der Waals surface area contributed by atoms with E-state index in [0.29, 0.717) is 10.3 Å². The van der Waals surface area contributed by atoms with E-state index in [4.69, 9.17) is 4.18 Å². The van der Waals surface area contributed by atoms with Gasteiger partial charge in [0.05, 0.1) is 4.58 Å². The Balaban J connectivity index is 1.53. The zero-order valence-corrected chi connectivity index (χ0v) is 15.6. The van der Waals surface area contributed by atoms with Gasteiger partial charge in [-0.05, 0) is 60.2 Å². The second kappa shape index (κ2) is 6.65. The average molecular weight is 379 g/mol. The van der Waals surface area contributed by atoms with Gasteiger partial charge < -0.3 is 4.18 Å². The molecule has 0 N–H and O–H groups in total. The zero-order valence-electron chi connectivity index (χ0n) is 13.1. The van der Waals surface area contributed by atoms with Crippen molar-refractivity contribution in [3.8, 4) is 5.75 Å². The van der Waals surface area contributed by atoms with Crippen LogP contribution in [0.5, 0.6) is 5.75 Å². The largest absolute Gasteiger partial charge is 0.379 e. The van der Waals surface area contributed by atoms with Gasteiger partial charge in [-0.15, -0.1) is 23.5 Å². The molecule has 0 atom stereocenters. The van der Waals surface area contributed by atoms with Gasteiger partial charge in [0.1, 0.15) is 10.6 Å². The van der Waals surface area contributed by atoms with Gasteiger partial charge in [-0.3, -0.25) is 0 Å². The van der Waals surface area contributed by atoms with Gasteiger partial charge in [0.25, 0.3) is 0 Å². The fraction of sp³-hybridized carbons (Fsp3) is 0.333. The molecule has 1 saturated heterocycles. The fourth-order valence-electron chi connectivity index (χ4n) is 3.11. The second-order valence-corrected chi connectivity index (χ2v) is 10.2. The van der Waals surface area contributed by atoms with Crippen LogP contribution in [0.3, 0.4) is 0 Å². The predicted octanol–water partition coefficient (Wildman–Crippen LogP) is 4.42. The molecule has 0 aromatic heterocycles. The zero-order chi connectivity index (χ0) is 16.6. The van der Waals surface area contributed by atoms with Crippen molar-refractivity contribution >= 4 is 33.6 Å². The molecule has 1 heterocycles. The molecule has 4 rings (SSSR count). The normalized spacial score (nSPS) is 17.8. The molecule has 0 spiro atoms. The SMILES string of the molecule is O=S(=O)(Oc1ccc(C2SCCS2)cc1)c1ccc2c(c1)CCC2. The molecule has 2 aromatic carbocycles. The van der Waals surface area contributed by atoms with Crippen LogP contribution in [0.1, 0.15) is 27.7 Å². The van der Waals surface area contributed by atoms with E-state index in [0.717, 1.165) is 24.8 Å². The summed E-state index contributed by atoms with van der Waals surface area (Å²) in [6, 6.07) is 12.8. The first-order valence-corrected chi connectivity index (χ1v) is 11.5. The van der Waals surface area contributed by atoms with Gasteiger partial charge in [0.15, 0.2) is 0 Å². The summed E-state index contributed by atoms with van der Waals surface area (Å²) < 4.78 is 30.8. The summed E-state index contributed by atoms with van der Waals surface area (Å²) in [6.45, 7) is 0. The van der Waals surface area contributed by atoms with E-state index in [1.54, 1.807) is 24.3 Å². The van der Waals surface area contributed by atoms with Crippen LogP contribution in [0.25, 0.3) is 0 Å². The van der Waals surface area contributed by atoms with E-state index >= 15 is 0 Å². The van der Waals surface area contributed by atoms with E-state index < -0.39 is 10.1 Å². The Morgan fingerprint density at radius 3 is 2.38 bits per heavy atom. The Kier molecular flexibility index (Phi) is 4.54. The lowest BCUT2D eigenvalue weighted by atomic mass is 10.1. The lowest BCUT2D eigenvalue weighted by Gasteiger charge is -2.11. The predicted molar refractivity (Wildman–Crippen MR) is 100 cm³/mol. The molecule has 3 nitrogen and oxygen atoms in total. The minimum absolute atomic E-state index is 0.245. The molecule has 2 aromatic rings.